The highest BCUT2D eigenvalue weighted by Crippen LogP contribution is 2.32. The average Bonchev–Trinajstić information content (AvgIpc) is 3.06. The third-order valence-electron chi connectivity index (χ3n) is 5.39. The van der Waals surface area contributed by atoms with E-state index in [1.807, 2.05) is 23.1 Å². The normalized spacial score (nSPS) is 22.5. The molecule has 4 rings (SSSR count). The predicted octanol–water partition coefficient (Wildman–Crippen LogP) is 3.28. The van der Waals surface area contributed by atoms with Crippen LogP contribution < -0.4 is 0 Å². The molecule has 1 aromatic heterocycles. The number of aryl methyl sites for hydroxylation is 1. The van der Waals surface area contributed by atoms with Crippen LogP contribution in [0.25, 0.3) is 0 Å². The van der Waals surface area contributed by atoms with Gasteiger partial charge in [0.2, 0.25) is 0 Å². The van der Waals surface area contributed by atoms with E-state index in [4.69, 9.17) is 4.74 Å². The first-order valence-electron chi connectivity index (χ1n) is 9.11. The van der Waals surface area contributed by atoms with Gasteiger partial charge in [-0.15, -0.1) is 0 Å². The van der Waals surface area contributed by atoms with Crippen LogP contribution >= 0.6 is 0 Å². The number of nitrogens with zero attached hydrogens (tertiary/aromatic N) is 2. The molecule has 25 heavy (non-hydrogen) atoms. The highest BCUT2D eigenvalue weighted by atomic mass is 16.5. The number of rotatable bonds is 2. The van der Waals surface area contributed by atoms with E-state index in [-0.39, 0.29) is 17.6 Å². The fraction of sp³-hybridized carbons (Fsp3) is 0.500. The SMILES string of the molecule is CC1(C)COC(c2ccccc2)CN1C(=O)c1n[nH]c2c1CCCC2. The number of aromatic amines is 1. The number of benzene rings is 1. The summed E-state index contributed by atoms with van der Waals surface area (Å²) in [7, 11) is 0. The largest absolute Gasteiger partial charge is 0.369 e. The average molecular weight is 339 g/mol. The Bertz CT molecular complexity index is 767. The van der Waals surface area contributed by atoms with E-state index >= 15 is 0 Å². The molecule has 0 saturated carbocycles. The van der Waals surface area contributed by atoms with Crippen LogP contribution in [0.4, 0.5) is 0 Å². The van der Waals surface area contributed by atoms with Gasteiger partial charge in [0, 0.05) is 11.3 Å². The van der Waals surface area contributed by atoms with Crippen molar-refractivity contribution in [2.75, 3.05) is 13.2 Å². The van der Waals surface area contributed by atoms with Gasteiger partial charge in [-0.25, -0.2) is 0 Å². The lowest BCUT2D eigenvalue weighted by Gasteiger charge is -2.45. The fourth-order valence-electron chi connectivity index (χ4n) is 3.86. The lowest BCUT2D eigenvalue weighted by atomic mass is 9.93. The topological polar surface area (TPSA) is 58.2 Å². The van der Waals surface area contributed by atoms with E-state index in [0.29, 0.717) is 18.8 Å². The minimum atomic E-state index is -0.344. The van der Waals surface area contributed by atoms with Crippen molar-refractivity contribution in [3.8, 4) is 0 Å². The van der Waals surface area contributed by atoms with E-state index in [0.717, 1.165) is 36.1 Å². The first-order chi connectivity index (χ1) is 12.1. The van der Waals surface area contributed by atoms with Gasteiger partial charge in [0.25, 0.3) is 5.91 Å². The van der Waals surface area contributed by atoms with Crippen molar-refractivity contribution in [3.05, 3.63) is 52.8 Å². The van der Waals surface area contributed by atoms with Gasteiger partial charge in [-0.1, -0.05) is 30.3 Å². The molecule has 1 aromatic carbocycles. The van der Waals surface area contributed by atoms with Crippen molar-refractivity contribution >= 4 is 5.91 Å². The zero-order valence-corrected chi connectivity index (χ0v) is 14.9. The molecule has 5 heteroatoms. The highest BCUT2D eigenvalue weighted by molar-refractivity contribution is 5.94. The molecule has 1 amide bonds. The van der Waals surface area contributed by atoms with Gasteiger partial charge in [-0.05, 0) is 45.1 Å². The second-order valence-corrected chi connectivity index (χ2v) is 7.67. The third-order valence-corrected chi connectivity index (χ3v) is 5.39. The zero-order chi connectivity index (χ0) is 17.4. The predicted molar refractivity (Wildman–Crippen MR) is 95.5 cm³/mol. The van der Waals surface area contributed by atoms with Gasteiger partial charge < -0.3 is 9.64 Å². The van der Waals surface area contributed by atoms with Gasteiger partial charge in [0.05, 0.1) is 18.7 Å². The molecule has 1 aliphatic carbocycles. The van der Waals surface area contributed by atoms with Crippen LogP contribution in [0.3, 0.4) is 0 Å². The quantitative estimate of drug-likeness (QED) is 0.913. The molecule has 1 unspecified atom stereocenters. The van der Waals surface area contributed by atoms with Crippen LogP contribution in [-0.2, 0) is 17.6 Å². The first-order valence-corrected chi connectivity index (χ1v) is 9.11. The Kier molecular flexibility index (Phi) is 4.12. The first kappa shape index (κ1) is 16.3. The van der Waals surface area contributed by atoms with Crippen LogP contribution in [0.2, 0.25) is 0 Å². The molecule has 1 atom stereocenters. The van der Waals surface area contributed by atoms with E-state index in [1.165, 1.54) is 6.42 Å². The number of aromatic nitrogens is 2. The molecule has 1 fully saturated rings. The Morgan fingerprint density at radius 1 is 1.24 bits per heavy atom. The second-order valence-electron chi connectivity index (χ2n) is 7.67. The summed E-state index contributed by atoms with van der Waals surface area (Å²) in [4.78, 5) is 15.3. The number of fused-ring (bicyclic) bond motifs is 1. The smallest absolute Gasteiger partial charge is 0.275 e. The van der Waals surface area contributed by atoms with Crippen molar-refractivity contribution in [1.82, 2.24) is 15.1 Å². The van der Waals surface area contributed by atoms with Gasteiger partial charge in [0.15, 0.2) is 5.69 Å². The Morgan fingerprint density at radius 2 is 2.00 bits per heavy atom. The van der Waals surface area contributed by atoms with E-state index in [9.17, 15) is 4.79 Å². The summed E-state index contributed by atoms with van der Waals surface area (Å²) >= 11 is 0. The number of hydrogen-bond acceptors (Lipinski definition) is 3. The Labute approximate surface area is 148 Å². The monoisotopic (exact) mass is 339 g/mol. The maximum atomic E-state index is 13.3. The summed E-state index contributed by atoms with van der Waals surface area (Å²) in [5, 5.41) is 7.47. The van der Waals surface area contributed by atoms with Crippen LogP contribution in [0, 0.1) is 0 Å². The van der Waals surface area contributed by atoms with Gasteiger partial charge in [-0.3, -0.25) is 9.89 Å². The molecule has 2 aromatic rings. The lowest BCUT2D eigenvalue weighted by molar-refractivity contribution is -0.0848. The summed E-state index contributed by atoms with van der Waals surface area (Å²) < 4.78 is 6.07. The van der Waals surface area contributed by atoms with Crippen molar-refractivity contribution in [1.29, 1.82) is 0 Å². The Hall–Kier alpha value is -2.14. The summed E-state index contributed by atoms with van der Waals surface area (Å²) in [5.41, 5.74) is 3.63. The molecular weight excluding hydrogens is 314 g/mol. The van der Waals surface area contributed by atoms with E-state index < -0.39 is 0 Å². The number of morpholine rings is 1. The second kappa shape index (κ2) is 6.30. The molecule has 132 valence electrons. The molecule has 0 bridgehead atoms. The van der Waals surface area contributed by atoms with Gasteiger partial charge >= 0.3 is 0 Å². The van der Waals surface area contributed by atoms with Gasteiger partial charge in [-0.2, -0.15) is 5.10 Å². The van der Waals surface area contributed by atoms with Crippen molar-refractivity contribution in [2.45, 2.75) is 51.2 Å². The summed E-state index contributed by atoms with van der Waals surface area (Å²) in [6.07, 6.45) is 4.15. The van der Waals surface area contributed by atoms with Crippen LogP contribution in [0.5, 0.6) is 0 Å². The fourth-order valence-corrected chi connectivity index (χ4v) is 3.86. The van der Waals surface area contributed by atoms with Crippen molar-refractivity contribution < 1.29 is 9.53 Å². The maximum Gasteiger partial charge on any atom is 0.275 e. The van der Waals surface area contributed by atoms with E-state index in [1.54, 1.807) is 0 Å². The number of hydrogen-bond donors (Lipinski definition) is 1. The number of carbonyl (C=O) groups excluding carboxylic acids is 1. The summed E-state index contributed by atoms with van der Waals surface area (Å²) in [6, 6.07) is 10.1. The zero-order valence-electron chi connectivity index (χ0n) is 14.9. The van der Waals surface area contributed by atoms with Gasteiger partial charge in [0.1, 0.15) is 6.10 Å². The highest BCUT2D eigenvalue weighted by Gasteiger charge is 2.40. The number of amides is 1. The minimum Gasteiger partial charge on any atom is -0.369 e. The molecule has 0 radical (unpaired) electrons. The van der Waals surface area contributed by atoms with Crippen LogP contribution in [0.15, 0.2) is 30.3 Å². The minimum absolute atomic E-state index is 0.0219. The Morgan fingerprint density at radius 3 is 2.80 bits per heavy atom. The standard InChI is InChI=1S/C20H25N3O2/c1-20(2)13-25-17(14-8-4-3-5-9-14)12-23(20)19(24)18-15-10-6-7-11-16(15)21-22-18/h3-5,8-9,17H,6-7,10-13H2,1-2H3,(H,21,22). The molecule has 1 N–H and O–H groups in total. The van der Waals surface area contributed by atoms with Crippen LogP contribution in [0.1, 0.15) is 60.1 Å². The molecule has 5 nitrogen and oxygen atoms in total. The lowest BCUT2D eigenvalue weighted by Crippen LogP contribution is -2.56. The summed E-state index contributed by atoms with van der Waals surface area (Å²) in [6.45, 7) is 5.19. The Balaban J connectivity index is 1.62. The third kappa shape index (κ3) is 2.97. The number of nitrogens with one attached hydrogen (secondary N) is 1. The van der Waals surface area contributed by atoms with Crippen LogP contribution in [-0.4, -0.2) is 39.7 Å². The molecular formula is C20H25N3O2. The number of H-pyrrole nitrogens is 1. The molecule has 0 spiro atoms. The maximum absolute atomic E-state index is 13.3. The number of ether oxygens (including phenoxy) is 1. The molecule has 2 aliphatic rings. The molecule has 1 saturated heterocycles. The molecule has 1 aliphatic heterocycles. The summed E-state index contributed by atoms with van der Waals surface area (Å²) in [5.74, 6) is 0.0219. The van der Waals surface area contributed by atoms with Crippen molar-refractivity contribution in [2.24, 2.45) is 0 Å². The van der Waals surface area contributed by atoms with E-state index in [2.05, 4.69) is 36.2 Å². The van der Waals surface area contributed by atoms with Crippen molar-refractivity contribution in [3.63, 3.8) is 0 Å². The molecule has 2 heterocycles. The number of carbonyl (C=O) groups is 1.